The monoisotopic (exact) mass is 300 g/mol. The number of benzene rings is 1. The van der Waals surface area contributed by atoms with Gasteiger partial charge in [0.15, 0.2) is 5.78 Å². The Morgan fingerprint density at radius 3 is 2.50 bits per heavy atom. The van der Waals surface area contributed by atoms with Crippen molar-refractivity contribution in [3.63, 3.8) is 0 Å². The van der Waals surface area contributed by atoms with Crippen molar-refractivity contribution in [2.75, 3.05) is 19.5 Å². The summed E-state index contributed by atoms with van der Waals surface area (Å²) in [4.78, 5) is 28.0. The summed E-state index contributed by atoms with van der Waals surface area (Å²) in [7, 11) is 2.95. The topological polar surface area (TPSA) is 77.5 Å². The zero-order chi connectivity index (χ0) is 16.1. The fourth-order valence-corrected chi connectivity index (χ4v) is 2.02. The zero-order valence-corrected chi connectivity index (χ0v) is 12.5. The number of pyridine rings is 1. The van der Waals surface area contributed by atoms with Crippen molar-refractivity contribution >= 4 is 17.4 Å². The van der Waals surface area contributed by atoms with Gasteiger partial charge in [-0.15, -0.1) is 0 Å². The number of ketones is 1. The number of hydrogen-bond donors (Lipinski definition) is 1. The number of amides is 1. The molecule has 114 valence electrons. The summed E-state index contributed by atoms with van der Waals surface area (Å²) < 4.78 is 10.4. The van der Waals surface area contributed by atoms with Crippen molar-refractivity contribution in [3.05, 3.63) is 47.8 Å². The molecule has 1 N–H and O–H groups in total. The maximum absolute atomic E-state index is 12.2. The Labute approximate surface area is 128 Å². The first-order valence-electron chi connectivity index (χ1n) is 6.55. The first-order chi connectivity index (χ1) is 10.6. The lowest BCUT2D eigenvalue weighted by Gasteiger charge is -2.14. The van der Waals surface area contributed by atoms with Crippen molar-refractivity contribution in [2.45, 2.75) is 6.92 Å². The van der Waals surface area contributed by atoms with Crippen LogP contribution in [0, 0.1) is 0 Å². The SMILES string of the molecule is COc1cc(NC(=O)c2cccnc2)c(C(C)=O)c(OC)c1. The van der Waals surface area contributed by atoms with E-state index in [2.05, 4.69) is 10.3 Å². The molecule has 0 aliphatic carbocycles. The van der Waals surface area contributed by atoms with Crippen molar-refractivity contribution in [1.82, 2.24) is 4.98 Å². The highest BCUT2D eigenvalue weighted by Gasteiger charge is 2.18. The Kier molecular flexibility index (Phi) is 4.73. The van der Waals surface area contributed by atoms with E-state index in [9.17, 15) is 9.59 Å². The Hall–Kier alpha value is -2.89. The van der Waals surface area contributed by atoms with Gasteiger partial charge in [0.05, 0.1) is 31.0 Å². The molecular weight excluding hydrogens is 284 g/mol. The second kappa shape index (κ2) is 6.71. The second-order valence-electron chi connectivity index (χ2n) is 4.50. The van der Waals surface area contributed by atoms with Gasteiger partial charge in [0.25, 0.3) is 5.91 Å². The normalized spacial score (nSPS) is 9.95. The zero-order valence-electron chi connectivity index (χ0n) is 12.5. The number of Topliss-reactive ketones (excluding diaryl/α,β-unsaturated/α-hetero) is 1. The maximum atomic E-state index is 12.2. The lowest BCUT2D eigenvalue weighted by atomic mass is 10.1. The number of carbonyl (C=O) groups excluding carboxylic acids is 2. The molecule has 0 aliphatic rings. The van der Waals surface area contributed by atoms with E-state index in [0.29, 0.717) is 28.3 Å². The molecule has 0 spiro atoms. The molecule has 6 heteroatoms. The summed E-state index contributed by atoms with van der Waals surface area (Å²) in [5, 5.41) is 2.70. The highest BCUT2D eigenvalue weighted by molar-refractivity contribution is 6.10. The Morgan fingerprint density at radius 1 is 1.18 bits per heavy atom. The molecule has 0 bridgehead atoms. The van der Waals surface area contributed by atoms with E-state index < -0.39 is 0 Å². The van der Waals surface area contributed by atoms with E-state index in [4.69, 9.17) is 9.47 Å². The van der Waals surface area contributed by atoms with Crippen LogP contribution in [0.5, 0.6) is 11.5 Å². The quantitative estimate of drug-likeness (QED) is 0.859. The number of methoxy groups -OCH3 is 2. The molecule has 0 atom stereocenters. The van der Waals surface area contributed by atoms with Crippen molar-refractivity contribution in [3.8, 4) is 11.5 Å². The van der Waals surface area contributed by atoms with E-state index in [-0.39, 0.29) is 11.7 Å². The fraction of sp³-hybridized carbons (Fsp3) is 0.188. The van der Waals surface area contributed by atoms with E-state index in [1.165, 1.54) is 27.3 Å². The largest absolute Gasteiger partial charge is 0.497 e. The summed E-state index contributed by atoms with van der Waals surface area (Å²) in [5.41, 5.74) is 1.01. The summed E-state index contributed by atoms with van der Waals surface area (Å²) in [6.07, 6.45) is 3.02. The van der Waals surface area contributed by atoms with E-state index in [1.54, 1.807) is 30.5 Å². The molecule has 0 radical (unpaired) electrons. The molecule has 1 aromatic carbocycles. The fourth-order valence-electron chi connectivity index (χ4n) is 2.02. The minimum atomic E-state index is -0.370. The van der Waals surface area contributed by atoms with Gasteiger partial charge in [-0.3, -0.25) is 14.6 Å². The van der Waals surface area contributed by atoms with E-state index >= 15 is 0 Å². The van der Waals surface area contributed by atoms with Crippen molar-refractivity contribution in [2.24, 2.45) is 0 Å². The van der Waals surface area contributed by atoms with Gasteiger partial charge in [-0.25, -0.2) is 0 Å². The number of aromatic nitrogens is 1. The maximum Gasteiger partial charge on any atom is 0.257 e. The molecule has 0 saturated heterocycles. The first kappa shape index (κ1) is 15.5. The minimum Gasteiger partial charge on any atom is -0.497 e. The number of rotatable bonds is 5. The second-order valence-corrected chi connectivity index (χ2v) is 4.50. The number of carbonyl (C=O) groups is 2. The molecule has 2 rings (SSSR count). The first-order valence-corrected chi connectivity index (χ1v) is 6.55. The molecule has 1 heterocycles. The van der Waals surface area contributed by atoms with Gasteiger partial charge < -0.3 is 14.8 Å². The third-order valence-electron chi connectivity index (χ3n) is 3.06. The van der Waals surface area contributed by atoms with Gasteiger partial charge in [0.2, 0.25) is 0 Å². The van der Waals surface area contributed by atoms with Crippen LogP contribution in [0.25, 0.3) is 0 Å². The predicted molar refractivity (Wildman–Crippen MR) is 81.7 cm³/mol. The van der Waals surface area contributed by atoms with Crippen LogP contribution < -0.4 is 14.8 Å². The van der Waals surface area contributed by atoms with Crippen LogP contribution in [0.2, 0.25) is 0 Å². The summed E-state index contributed by atoms with van der Waals surface area (Å²) >= 11 is 0. The smallest absolute Gasteiger partial charge is 0.257 e. The van der Waals surface area contributed by atoms with E-state index in [0.717, 1.165) is 0 Å². The van der Waals surface area contributed by atoms with Gasteiger partial charge in [0, 0.05) is 24.5 Å². The Bertz CT molecular complexity index is 699. The average Bonchev–Trinajstić information content (AvgIpc) is 2.54. The molecule has 2 aromatic rings. The Morgan fingerprint density at radius 2 is 1.95 bits per heavy atom. The van der Waals surface area contributed by atoms with Crippen molar-refractivity contribution in [1.29, 1.82) is 0 Å². The highest BCUT2D eigenvalue weighted by Crippen LogP contribution is 2.33. The van der Waals surface area contributed by atoms with Crippen LogP contribution >= 0.6 is 0 Å². The van der Waals surface area contributed by atoms with Gasteiger partial charge >= 0.3 is 0 Å². The molecule has 6 nitrogen and oxygen atoms in total. The highest BCUT2D eigenvalue weighted by atomic mass is 16.5. The molecule has 1 amide bonds. The Balaban J connectivity index is 2.44. The van der Waals surface area contributed by atoms with Crippen molar-refractivity contribution < 1.29 is 19.1 Å². The number of nitrogens with zero attached hydrogens (tertiary/aromatic N) is 1. The minimum absolute atomic E-state index is 0.221. The number of ether oxygens (including phenoxy) is 2. The van der Waals surface area contributed by atoms with Crippen LogP contribution in [-0.4, -0.2) is 30.9 Å². The molecular formula is C16H16N2O4. The van der Waals surface area contributed by atoms with Crippen LogP contribution in [0.15, 0.2) is 36.7 Å². The third-order valence-corrected chi connectivity index (χ3v) is 3.06. The molecule has 0 unspecified atom stereocenters. The molecule has 22 heavy (non-hydrogen) atoms. The number of anilines is 1. The van der Waals surface area contributed by atoms with E-state index in [1.807, 2.05) is 0 Å². The molecule has 0 fully saturated rings. The predicted octanol–water partition coefficient (Wildman–Crippen LogP) is 2.55. The van der Waals surface area contributed by atoms with Crippen LogP contribution in [-0.2, 0) is 0 Å². The average molecular weight is 300 g/mol. The number of hydrogen-bond acceptors (Lipinski definition) is 5. The number of nitrogens with one attached hydrogen (secondary N) is 1. The molecule has 1 aromatic heterocycles. The summed E-state index contributed by atoms with van der Waals surface area (Å²) in [6, 6.07) is 6.46. The van der Waals surface area contributed by atoms with Gasteiger partial charge in [0.1, 0.15) is 11.5 Å². The standard InChI is InChI=1S/C16H16N2O4/c1-10(19)15-13(7-12(21-2)8-14(15)22-3)18-16(20)11-5-4-6-17-9-11/h4-9H,1-3H3,(H,18,20). The van der Waals surface area contributed by atoms with Gasteiger partial charge in [-0.1, -0.05) is 0 Å². The van der Waals surface area contributed by atoms with Crippen LogP contribution in [0.3, 0.4) is 0 Å². The lowest BCUT2D eigenvalue weighted by Crippen LogP contribution is -2.15. The van der Waals surface area contributed by atoms with Gasteiger partial charge in [-0.05, 0) is 19.1 Å². The lowest BCUT2D eigenvalue weighted by molar-refractivity contribution is 0.101. The van der Waals surface area contributed by atoms with Crippen LogP contribution in [0.4, 0.5) is 5.69 Å². The molecule has 0 saturated carbocycles. The van der Waals surface area contributed by atoms with Gasteiger partial charge in [-0.2, -0.15) is 0 Å². The summed E-state index contributed by atoms with van der Waals surface area (Å²) in [6.45, 7) is 1.41. The third kappa shape index (κ3) is 3.22. The van der Waals surface area contributed by atoms with Crippen LogP contribution in [0.1, 0.15) is 27.6 Å². The molecule has 0 aliphatic heterocycles. The summed E-state index contributed by atoms with van der Waals surface area (Å²) in [5.74, 6) is 0.226.